The van der Waals surface area contributed by atoms with E-state index in [0.717, 1.165) is 11.8 Å². The van der Waals surface area contributed by atoms with Crippen molar-refractivity contribution in [2.24, 2.45) is 0 Å². The highest BCUT2D eigenvalue weighted by atomic mass is 16.1. The Hall–Kier alpha value is -2.49. The first-order chi connectivity index (χ1) is 8.69. The van der Waals surface area contributed by atoms with Gasteiger partial charge in [0.2, 0.25) is 0 Å². The minimum absolute atomic E-state index is 0.241. The molecule has 2 aromatic rings. The molecule has 1 N–H and O–H groups in total. The molecule has 0 aliphatic rings. The van der Waals surface area contributed by atoms with Crippen LogP contribution in [0.15, 0.2) is 42.7 Å². The molecule has 90 valence electrons. The van der Waals surface area contributed by atoms with Crippen LogP contribution in [0.3, 0.4) is 0 Å². The smallest absolute Gasteiger partial charge is 0.257 e. The summed E-state index contributed by atoms with van der Waals surface area (Å²) in [6.07, 6.45) is 3.93. The molecule has 0 unspecified atom stereocenters. The van der Waals surface area contributed by atoms with Crippen LogP contribution >= 0.6 is 0 Å². The van der Waals surface area contributed by atoms with Gasteiger partial charge in [0, 0.05) is 23.6 Å². The highest BCUT2D eigenvalue weighted by molar-refractivity contribution is 6.04. The molecule has 18 heavy (non-hydrogen) atoms. The van der Waals surface area contributed by atoms with Gasteiger partial charge < -0.3 is 5.32 Å². The molecule has 0 radical (unpaired) electrons. The van der Waals surface area contributed by atoms with Crippen LogP contribution in [0.4, 0.5) is 5.69 Å². The highest BCUT2D eigenvalue weighted by Crippen LogP contribution is 2.11. The number of amides is 1. The van der Waals surface area contributed by atoms with Crippen molar-refractivity contribution < 1.29 is 9.59 Å². The maximum Gasteiger partial charge on any atom is 0.257 e. The van der Waals surface area contributed by atoms with Gasteiger partial charge in [0.25, 0.3) is 5.91 Å². The molecule has 0 saturated carbocycles. The Bertz CT molecular complexity index is 594. The maximum absolute atomic E-state index is 11.9. The van der Waals surface area contributed by atoms with Gasteiger partial charge in [0.05, 0.1) is 5.56 Å². The van der Waals surface area contributed by atoms with Crippen molar-refractivity contribution in [3.8, 4) is 0 Å². The van der Waals surface area contributed by atoms with Crippen LogP contribution in [-0.2, 0) is 0 Å². The second-order valence-electron chi connectivity index (χ2n) is 3.95. The van der Waals surface area contributed by atoms with Gasteiger partial charge >= 0.3 is 0 Å². The minimum atomic E-state index is -0.241. The normalized spacial score (nSPS) is 9.83. The summed E-state index contributed by atoms with van der Waals surface area (Å²) in [6.45, 7) is 1.87. The average Bonchev–Trinajstić information content (AvgIpc) is 2.39. The van der Waals surface area contributed by atoms with E-state index in [1.54, 1.807) is 36.5 Å². The van der Waals surface area contributed by atoms with Crippen molar-refractivity contribution in [2.45, 2.75) is 6.92 Å². The van der Waals surface area contributed by atoms with Gasteiger partial charge in [-0.3, -0.25) is 14.6 Å². The number of nitrogens with one attached hydrogen (secondary N) is 1. The topological polar surface area (TPSA) is 59.1 Å². The largest absolute Gasteiger partial charge is 0.322 e. The molecule has 4 nitrogen and oxygen atoms in total. The lowest BCUT2D eigenvalue weighted by Gasteiger charge is -2.05. The van der Waals surface area contributed by atoms with Crippen LogP contribution in [0, 0.1) is 6.92 Å². The summed E-state index contributed by atoms with van der Waals surface area (Å²) in [5.74, 6) is -0.241. The summed E-state index contributed by atoms with van der Waals surface area (Å²) < 4.78 is 0. The van der Waals surface area contributed by atoms with E-state index in [0.29, 0.717) is 16.8 Å². The molecule has 2 rings (SSSR count). The molecule has 1 aromatic carbocycles. The molecular formula is C14H12N2O2. The van der Waals surface area contributed by atoms with E-state index in [1.807, 2.05) is 6.92 Å². The molecule has 0 bridgehead atoms. The number of rotatable bonds is 3. The van der Waals surface area contributed by atoms with E-state index in [2.05, 4.69) is 10.3 Å². The molecule has 1 heterocycles. The van der Waals surface area contributed by atoms with Crippen LogP contribution < -0.4 is 5.32 Å². The summed E-state index contributed by atoms with van der Waals surface area (Å²) >= 11 is 0. The molecule has 0 spiro atoms. The first kappa shape index (κ1) is 12.0. The van der Waals surface area contributed by atoms with Crippen molar-refractivity contribution in [1.82, 2.24) is 4.98 Å². The molecule has 0 saturated heterocycles. The van der Waals surface area contributed by atoms with Crippen molar-refractivity contribution in [3.05, 3.63) is 59.4 Å². The average molecular weight is 240 g/mol. The monoisotopic (exact) mass is 240 g/mol. The van der Waals surface area contributed by atoms with E-state index in [1.165, 1.54) is 6.20 Å². The Balaban J connectivity index is 2.18. The van der Waals surface area contributed by atoms with Crippen LogP contribution in [0.1, 0.15) is 26.3 Å². The van der Waals surface area contributed by atoms with Crippen molar-refractivity contribution >= 4 is 17.9 Å². The predicted octanol–water partition coefficient (Wildman–Crippen LogP) is 2.45. The first-order valence-electron chi connectivity index (χ1n) is 5.47. The number of aldehydes is 1. The van der Waals surface area contributed by atoms with E-state index in [-0.39, 0.29) is 5.91 Å². The Morgan fingerprint density at radius 1 is 1.28 bits per heavy atom. The Morgan fingerprint density at radius 2 is 2.11 bits per heavy atom. The number of aromatic nitrogens is 1. The number of carbonyl (C=O) groups excluding carboxylic acids is 2. The summed E-state index contributed by atoms with van der Waals surface area (Å²) in [6, 6.07) is 8.50. The molecule has 4 heteroatoms. The third-order valence-electron chi connectivity index (χ3n) is 2.42. The molecule has 1 aromatic heterocycles. The summed E-state index contributed by atoms with van der Waals surface area (Å²) in [5.41, 5.74) is 2.53. The maximum atomic E-state index is 11.9. The Labute approximate surface area is 105 Å². The van der Waals surface area contributed by atoms with Crippen molar-refractivity contribution in [2.75, 3.05) is 5.32 Å². The van der Waals surface area contributed by atoms with E-state index in [4.69, 9.17) is 0 Å². The van der Waals surface area contributed by atoms with Gasteiger partial charge in [-0.1, -0.05) is 12.1 Å². The number of hydrogen-bond acceptors (Lipinski definition) is 3. The second-order valence-corrected chi connectivity index (χ2v) is 3.95. The van der Waals surface area contributed by atoms with E-state index < -0.39 is 0 Å². The van der Waals surface area contributed by atoms with Gasteiger partial charge in [-0.15, -0.1) is 0 Å². The van der Waals surface area contributed by atoms with E-state index in [9.17, 15) is 9.59 Å². The standard InChI is InChI=1S/C14H12N2O2/c1-10-5-12(8-15-7-10)14(18)16-13-4-2-3-11(6-13)9-17/h2-9H,1H3,(H,16,18). The fraction of sp³-hybridized carbons (Fsp3) is 0.0714. The van der Waals surface area contributed by atoms with Crippen LogP contribution in [0.2, 0.25) is 0 Å². The first-order valence-corrected chi connectivity index (χ1v) is 5.47. The van der Waals surface area contributed by atoms with Gasteiger partial charge in [-0.05, 0) is 30.7 Å². The van der Waals surface area contributed by atoms with Gasteiger partial charge in [-0.25, -0.2) is 0 Å². The molecule has 0 fully saturated rings. The number of carbonyl (C=O) groups is 2. The van der Waals surface area contributed by atoms with Crippen LogP contribution in [0.5, 0.6) is 0 Å². The fourth-order valence-electron chi connectivity index (χ4n) is 1.57. The zero-order valence-electron chi connectivity index (χ0n) is 9.88. The number of aryl methyl sites for hydroxylation is 1. The minimum Gasteiger partial charge on any atom is -0.322 e. The third kappa shape index (κ3) is 2.79. The molecule has 0 aliphatic heterocycles. The number of nitrogens with zero attached hydrogens (tertiary/aromatic N) is 1. The Kier molecular flexibility index (Phi) is 3.48. The second kappa shape index (κ2) is 5.23. The summed E-state index contributed by atoms with van der Waals surface area (Å²) in [5, 5.41) is 2.72. The SMILES string of the molecule is Cc1cncc(C(=O)Nc2cccc(C=O)c2)c1. The molecule has 0 atom stereocenters. The number of pyridine rings is 1. The number of benzene rings is 1. The number of hydrogen-bond donors (Lipinski definition) is 1. The summed E-state index contributed by atoms with van der Waals surface area (Å²) in [4.78, 5) is 26.5. The van der Waals surface area contributed by atoms with Gasteiger partial charge in [0.15, 0.2) is 0 Å². The lowest BCUT2D eigenvalue weighted by Crippen LogP contribution is -2.12. The van der Waals surface area contributed by atoms with Crippen molar-refractivity contribution in [3.63, 3.8) is 0 Å². The Morgan fingerprint density at radius 3 is 2.83 bits per heavy atom. The molecule has 1 amide bonds. The molecular weight excluding hydrogens is 228 g/mol. The summed E-state index contributed by atoms with van der Waals surface area (Å²) in [7, 11) is 0. The van der Waals surface area contributed by atoms with Crippen LogP contribution in [0.25, 0.3) is 0 Å². The third-order valence-corrected chi connectivity index (χ3v) is 2.42. The highest BCUT2D eigenvalue weighted by Gasteiger charge is 2.06. The molecule has 0 aliphatic carbocycles. The lowest BCUT2D eigenvalue weighted by molar-refractivity contribution is 0.102. The van der Waals surface area contributed by atoms with Gasteiger partial charge in [0.1, 0.15) is 6.29 Å². The quantitative estimate of drug-likeness (QED) is 0.838. The van der Waals surface area contributed by atoms with Crippen molar-refractivity contribution in [1.29, 1.82) is 0 Å². The van der Waals surface area contributed by atoms with Gasteiger partial charge in [-0.2, -0.15) is 0 Å². The zero-order valence-corrected chi connectivity index (χ0v) is 9.88. The van der Waals surface area contributed by atoms with E-state index >= 15 is 0 Å². The predicted molar refractivity (Wildman–Crippen MR) is 68.8 cm³/mol. The zero-order chi connectivity index (χ0) is 13.0. The number of anilines is 1. The lowest BCUT2D eigenvalue weighted by atomic mass is 10.2. The fourth-order valence-corrected chi connectivity index (χ4v) is 1.57. The van der Waals surface area contributed by atoms with Crippen LogP contribution in [-0.4, -0.2) is 17.2 Å².